The van der Waals surface area contributed by atoms with Gasteiger partial charge in [0, 0.05) is 11.9 Å². The first kappa shape index (κ1) is 15.0. The second-order valence-electron chi connectivity index (χ2n) is 4.27. The number of rotatable bonds is 5. The molecule has 0 heterocycles. The number of nitrogens with two attached hydrogens (primary N) is 1. The van der Waals surface area contributed by atoms with Crippen molar-refractivity contribution in [2.75, 3.05) is 23.5 Å². The van der Waals surface area contributed by atoms with E-state index in [1.54, 1.807) is 19.1 Å². The molecule has 0 aliphatic heterocycles. The van der Waals surface area contributed by atoms with E-state index in [1.165, 1.54) is 6.07 Å². The summed E-state index contributed by atoms with van der Waals surface area (Å²) < 4.78 is 46.0. The maximum absolute atomic E-state index is 12.0. The van der Waals surface area contributed by atoms with Gasteiger partial charge in [-0.05, 0) is 31.0 Å². The summed E-state index contributed by atoms with van der Waals surface area (Å²) in [5.74, 6) is -0.321. The molecule has 18 heavy (non-hydrogen) atoms. The van der Waals surface area contributed by atoms with Crippen LogP contribution in [-0.2, 0) is 19.7 Å². The fourth-order valence-corrected chi connectivity index (χ4v) is 4.06. The highest BCUT2D eigenvalue weighted by Crippen LogP contribution is 2.22. The van der Waals surface area contributed by atoms with Crippen LogP contribution in [0.15, 0.2) is 23.1 Å². The predicted molar refractivity (Wildman–Crippen MR) is 72.0 cm³/mol. The second kappa shape index (κ2) is 5.27. The predicted octanol–water partition coefficient (Wildman–Crippen LogP) is 0.786. The molecule has 0 unspecified atom stereocenters. The fourth-order valence-electron chi connectivity index (χ4n) is 1.59. The minimum absolute atomic E-state index is 0.0927. The van der Waals surface area contributed by atoms with Gasteiger partial charge in [-0.3, -0.25) is 0 Å². The van der Waals surface area contributed by atoms with Crippen LogP contribution < -0.4 is 5.73 Å². The lowest BCUT2D eigenvalue weighted by Gasteiger charge is -2.09. The molecule has 0 saturated heterocycles. The van der Waals surface area contributed by atoms with Gasteiger partial charge < -0.3 is 5.73 Å². The zero-order valence-electron chi connectivity index (χ0n) is 10.4. The average Bonchev–Trinajstić information content (AvgIpc) is 2.19. The summed E-state index contributed by atoms with van der Waals surface area (Å²) >= 11 is 0. The molecule has 7 heteroatoms. The van der Waals surface area contributed by atoms with E-state index in [1.807, 2.05) is 0 Å². The van der Waals surface area contributed by atoms with Crippen molar-refractivity contribution < 1.29 is 16.8 Å². The van der Waals surface area contributed by atoms with Gasteiger partial charge in [-0.1, -0.05) is 6.07 Å². The molecular weight excluding hydrogens is 274 g/mol. The van der Waals surface area contributed by atoms with E-state index in [9.17, 15) is 16.8 Å². The molecule has 0 radical (unpaired) electrons. The molecule has 0 bridgehead atoms. The smallest absolute Gasteiger partial charge is 0.178 e. The largest absolute Gasteiger partial charge is 0.398 e. The van der Waals surface area contributed by atoms with Gasteiger partial charge >= 0.3 is 0 Å². The van der Waals surface area contributed by atoms with E-state index in [2.05, 4.69) is 0 Å². The molecule has 0 amide bonds. The molecular formula is C11H17NO4S2. The highest BCUT2D eigenvalue weighted by atomic mass is 32.2. The number of hydrogen-bond acceptors (Lipinski definition) is 5. The Morgan fingerprint density at radius 1 is 1.11 bits per heavy atom. The van der Waals surface area contributed by atoms with Gasteiger partial charge in [-0.2, -0.15) is 0 Å². The van der Waals surface area contributed by atoms with Gasteiger partial charge in [0.05, 0.1) is 16.4 Å². The summed E-state index contributed by atoms with van der Waals surface area (Å²) in [5, 5.41) is 0. The third-order valence-electron chi connectivity index (χ3n) is 2.59. The molecule has 2 N–H and O–H groups in total. The molecule has 1 rings (SSSR count). The number of sulfone groups is 2. The van der Waals surface area contributed by atoms with Gasteiger partial charge in [0.2, 0.25) is 0 Å². The second-order valence-corrected chi connectivity index (χ2v) is 8.61. The van der Waals surface area contributed by atoms with E-state index >= 15 is 0 Å². The minimum atomic E-state index is -3.48. The Hall–Kier alpha value is -1.08. The van der Waals surface area contributed by atoms with Crippen LogP contribution in [0, 0.1) is 6.92 Å². The first-order valence-electron chi connectivity index (χ1n) is 5.39. The normalized spacial score (nSPS) is 12.6. The molecule has 0 aromatic heterocycles. The molecule has 0 aliphatic rings. The van der Waals surface area contributed by atoms with E-state index in [4.69, 9.17) is 5.73 Å². The summed E-state index contributed by atoms with van der Waals surface area (Å²) in [4.78, 5) is 0.177. The molecule has 0 fully saturated rings. The van der Waals surface area contributed by atoms with Gasteiger partial charge in [-0.15, -0.1) is 0 Å². The molecule has 0 aliphatic carbocycles. The van der Waals surface area contributed by atoms with Crippen molar-refractivity contribution in [2.45, 2.75) is 18.2 Å². The fraction of sp³-hybridized carbons (Fsp3) is 0.455. The summed E-state index contributed by atoms with van der Waals surface area (Å²) in [6.07, 6.45) is 1.18. The highest BCUT2D eigenvalue weighted by molar-refractivity contribution is 7.92. The average molecular weight is 291 g/mol. The molecule has 0 spiro atoms. The Labute approximate surface area is 108 Å². The maximum atomic E-state index is 12.0. The van der Waals surface area contributed by atoms with Crippen LogP contribution in [0.2, 0.25) is 0 Å². The molecule has 5 nitrogen and oxygen atoms in total. The van der Waals surface area contributed by atoms with Crippen molar-refractivity contribution in [2.24, 2.45) is 0 Å². The minimum Gasteiger partial charge on any atom is -0.398 e. The monoisotopic (exact) mass is 291 g/mol. The summed E-state index contributed by atoms with van der Waals surface area (Å²) in [7, 11) is -6.62. The summed E-state index contributed by atoms with van der Waals surface area (Å²) in [6, 6.07) is 4.69. The van der Waals surface area contributed by atoms with Gasteiger partial charge in [-0.25, -0.2) is 16.8 Å². The Bertz CT molecular complexity index is 633. The van der Waals surface area contributed by atoms with E-state index in [0.29, 0.717) is 11.3 Å². The van der Waals surface area contributed by atoms with Crippen LogP contribution >= 0.6 is 0 Å². The van der Waals surface area contributed by atoms with Crippen molar-refractivity contribution in [3.05, 3.63) is 23.8 Å². The Morgan fingerprint density at radius 3 is 2.28 bits per heavy atom. The van der Waals surface area contributed by atoms with Crippen LogP contribution in [-0.4, -0.2) is 34.6 Å². The van der Waals surface area contributed by atoms with Gasteiger partial charge in [0.25, 0.3) is 0 Å². The number of anilines is 1. The molecule has 1 aromatic carbocycles. The molecule has 1 aromatic rings. The third-order valence-corrected chi connectivity index (χ3v) is 5.56. The SMILES string of the molecule is Cc1c(N)cccc1S(=O)(=O)CCCS(C)(=O)=O. The molecule has 0 atom stereocenters. The van der Waals surface area contributed by atoms with Crippen LogP contribution in [0.25, 0.3) is 0 Å². The van der Waals surface area contributed by atoms with Crippen molar-refractivity contribution in [3.63, 3.8) is 0 Å². The van der Waals surface area contributed by atoms with Crippen LogP contribution in [0.4, 0.5) is 5.69 Å². The van der Waals surface area contributed by atoms with Crippen molar-refractivity contribution in [1.82, 2.24) is 0 Å². The van der Waals surface area contributed by atoms with E-state index < -0.39 is 19.7 Å². The molecule has 0 saturated carbocycles. The van der Waals surface area contributed by atoms with Crippen LogP contribution in [0.1, 0.15) is 12.0 Å². The number of benzene rings is 1. The number of hydrogen-bond donors (Lipinski definition) is 1. The van der Waals surface area contributed by atoms with Crippen molar-refractivity contribution >= 4 is 25.4 Å². The van der Waals surface area contributed by atoms with E-state index in [0.717, 1.165) is 6.26 Å². The Morgan fingerprint density at radius 2 is 1.72 bits per heavy atom. The van der Waals surface area contributed by atoms with Crippen LogP contribution in [0.5, 0.6) is 0 Å². The maximum Gasteiger partial charge on any atom is 0.178 e. The number of nitrogen functional groups attached to an aromatic ring is 1. The van der Waals surface area contributed by atoms with Crippen LogP contribution in [0.3, 0.4) is 0 Å². The zero-order chi connectivity index (χ0) is 14.0. The third kappa shape index (κ3) is 3.99. The summed E-state index contributed by atoms with van der Waals surface area (Å²) in [6.45, 7) is 1.64. The lowest BCUT2D eigenvalue weighted by atomic mass is 10.2. The van der Waals surface area contributed by atoms with Gasteiger partial charge in [0.1, 0.15) is 9.84 Å². The highest BCUT2D eigenvalue weighted by Gasteiger charge is 2.18. The Kier molecular flexibility index (Phi) is 4.39. The molecule has 102 valence electrons. The van der Waals surface area contributed by atoms with E-state index in [-0.39, 0.29) is 22.8 Å². The standard InChI is InChI=1S/C11H17NO4S2/c1-9-10(12)5-3-6-11(9)18(15,16)8-4-7-17(2,13)14/h3,5-6H,4,7-8,12H2,1-2H3. The summed E-state index contributed by atoms with van der Waals surface area (Å²) in [5.41, 5.74) is 6.58. The Balaban J connectivity index is 2.91. The lowest BCUT2D eigenvalue weighted by molar-refractivity contribution is 0.592. The first-order chi connectivity index (χ1) is 8.13. The first-order valence-corrected chi connectivity index (χ1v) is 9.10. The van der Waals surface area contributed by atoms with Gasteiger partial charge in [0.15, 0.2) is 9.84 Å². The quantitative estimate of drug-likeness (QED) is 0.809. The van der Waals surface area contributed by atoms with Crippen molar-refractivity contribution in [1.29, 1.82) is 0 Å². The zero-order valence-corrected chi connectivity index (χ0v) is 12.0. The van der Waals surface area contributed by atoms with Crippen molar-refractivity contribution in [3.8, 4) is 0 Å². The topological polar surface area (TPSA) is 94.3 Å². The lowest BCUT2D eigenvalue weighted by Crippen LogP contribution is -2.13.